The summed E-state index contributed by atoms with van der Waals surface area (Å²) in [5, 5.41) is 11.3. The summed E-state index contributed by atoms with van der Waals surface area (Å²) in [4.78, 5) is 11.9. The van der Waals surface area contributed by atoms with Crippen molar-refractivity contribution in [2.45, 2.75) is 19.9 Å². The molecule has 0 saturated heterocycles. The number of nitrogens with zero attached hydrogens (tertiary/aromatic N) is 2. The molecule has 0 atom stereocenters. The SMILES string of the molecule is CCS(=O)(=O)CCCn1cccc(/C(N)=N/O)c1=O. The summed E-state index contributed by atoms with van der Waals surface area (Å²) in [6.45, 7) is 1.85. The number of amidine groups is 1. The second-order valence-electron chi connectivity index (χ2n) is 4.00. The lowest BCUT2D eigenvalue weighted by Gasteiger charge is -2.07. The van der Waals surface area contributed by atoms with E-state index in [0.29, 0.717) is 6.42 Å². The predicted octanol–water partition coefficient (Wildman–Crippen LogP) is -0.232. The third-order valence-corrected chi connectivity index (χ3v) is 4.49. The molecule has 0 saturated carbocycles. The van der Waals surface area contributed by atoms with Crippen LogP contribution in [0.2, 0.25) is 0 Å². The molecule has 1 heterocycles. The van der Waals surface area contributed by atoms with Crippen LogP contribution in [0.4, 0.5) is 0 Å². The van der Waals surface area contributed by atoms with Crippen LogP contribution in [0.3, 0.4) is 0 Å². The number of aryl methyl sites for hydroxylation is 1. The van der Waals surface area contributed by atoms with Gasteiger partial charge in [-0.05, 0) is 18.6 Å². The minimum Gasteiger partial charge on any atom is -0.409 e. The summed E-state index contributed by atoms with van der Waals surface area (Å²) in [6.07, 6.45) is 1.88. The monoisotopic (exact) mass is 287 g/mol. The predicted molar refractivity (Wildman–Crippen MR) is 72.2 cm³/mol. The van der Waals surface area contributed by atoms with Gasteiger partial charge in [-0.2, -0.15) is 0 Å². The highest BCUT2D eigenvalue weighted by Crippen LogP contribution is 1.97. The first-order chi connectivity index (χ1) is 8.91. The Morgan fingerprint density at radius 1 is 1.53 bits per heavy atom. The number of nitrogens with two attached hydrogens (primary N) is 1. The molecular weight excluding hydrogens is 270 g/mol. The Kier molecular flexibility index (Phi) is 5.11. The van der Waals surface area contributed by atoms with E-state index in [-0.39, 0.29) is 29.4 Å². The quantitative estimate of drug-likeness (QED) is 0.324. The van der Waals surface area contributed by atoms with Crippen LogP contribution in [0.5, 0.6) is 0 Å². The Morgan fingerprint density at radius 3 is 2.79 bits per heavy atom. The van der Waals surface area contributed by atoms with Gasteiger partial charge >= 0.3 is 0 Å². The van der Waals surface area contributed by atoms with Crippen LogP contribution in [0, 0.1) is 0 Å². The van der Waals surface area contributed by atoms with Crippen LogP contribution in [-0.2, 0) is 16.4 Å². The van der Waals surface area contributed by atoms with E-state index in [9.17, 15) is 13.2 Å². The fourth-order valence-electron chi connectivity index (χ4n) is 1.56. The van der Waals surface area contributed by atoms with Gasteiger partial charge in [0.15, 0.2) is 5.84 Å². The van der Waals surface area contributed by atoms with Gasteiger partial charge in [0.25, 0.3) is 5.56 Å². The van der Waals surface area contributed by atoms with Gasteiger partial charge in [0.2, 0.25) is 0 Å². The molecule has 3 N–H and O–H groups in total. The fourth-order valence-corrected chi connectivity index (χ4v) is 2.42. The summed E-state index contributed by atoms with van der Waals surface area (Å²) in [5.41, 5.74) is 5.05. The molecule has 0 radical (unpaired) electrons. The van der Waals surface area contributed by atoms with Gasteiger partial charge in [0, 0.05) is 18.5 Å². The highest BCUT2D eigenvalue weighted by Gasteiger charge is 2.10. The zero-order chi connectivity index (χ0) is 14.5. The largest absolute Gasteiger partial charge is 0.409 e. The van der Waals surface area contributed by atoms with Crippen molar-refractivity contribution in [1.29, 1.82) is 0 Å². The van der Waals surface area contributed by atoms with Crippen LogP contribution in [0.25, 0.3) is 0 Å². The summed E-state index contributed by atoms with van der Waals surface area (Å²) < 4.78 is 24.0. The molecular formula is C11H17N3O4S. The zero-order valence-electron chi connectivity index (χ0n) is 10.6. The van der Waals surface area contributed by atoms with E-state index in [4.69, 9.17) is 10.9 Å². The Balaban J connectivity index is 2.84. The van der Waals surface area contributed by atoms with Gasteiger partial charge in [0.05, 0.1) is 11.3 Å². The van der Waals surface area contributed by atoms with Gasteiger partial charge in [-0.25, -0.2) is 8.42 Å². The second-order valence-corrected chi connectivity index (χ2v) is 6.47. The van der Waals surface area contributed by atoms with Crippen molar-refractivity contribution in [1.82, 2.24) is 4.57 Å². The maximum absolute atomic E-state index is 11.9. The molecule has 0 bridgehead atoms. The van der Waals surface area contributed by atoms with Gasteiger partial charge in [0.1, 0.15) is 9.84 Å². The van der Waals surface area contributed by atoms with Crippen molar-refractivity contribution in [3.63, 3.8) is 0 Å². The molecule has 0 aliphatic rings. The average Bonchev–Trinajstić information content (AvgIpc) is 2.40. The van der Waals surface area contributed by atoms with Crippen LogP contribution in [0.1, 0.15) is 18.9 Å². The number of aromatic nitrogens is 1. The Hall–Kier alpha value is -1.83. The Morgan fingerprint density at radius 2 is 2.21 bits per heavy atom. The van der Waals surface area contributed by atoms with E-state index in [1.807, 2.05) is 0 Å². The molecule has 0 spiro atoms. The van der Waals surface area contributed by atoms with Crippen molar-refractivity contribution < 1.29 is 13.6 Å². The summed E-state index contributed by atoms with van der Waals surface area (Å²) >= 11 is 0. The molecule has 0 amide bonds. The van der Waals surface area contributed by atoms with Gasteiger partial charge < -0.3 is 15.5 Å². The number of sulfone groups is 1. The van der Waals surface area contributed by atoms with E-state index in [1.54, 1.807) is 13.0 Å². The summed E-state index contributed by atoms with van der Waals surface area (Å²) in [5.74, 6) is -0.143. The molecule has 8 heteroatoms. The maximum Gasteiger partial charge on any atom is 0.261 e. The molecule has 19 heavy (non-hydrogen) atoms. The number of oxime groups is 1. The second kappa shape index (κ2) is 6.37. The van der Waals surface area contributed by atoms with Crippen molar-refractivity contribution in [2.24, 2.45) is 10.9 Å². The van der Waals surface area contributed by atoms with E-state index >= 15 is 0 Å². The number of pyridine rings is 1. The molecule has 1 rings (SSSR count). The molecule has 0 aliphatic carbocycles. The van der Waals surface area contributed by atoms with Gasteiger partial charge in [-0.15, -0.1) is 0 Å². The van der Waals surface area contributed by atoms with Crippen LogP contribution >= 0.6 is 0 Å². The molecule has 0 fully saturated rings. The summed E-state index contributed by atoms with van der Waals surface area (Å²) in [6, 6.07) is 3.03. The lowest BCUT2D eigenvalue weighted by molar-refractivity contribution is 0.318. The van der Waals surface area contributed by atoms with E-state index in [1.165, 1.54) is 16.8 Å². The lowest BCUT2D eigenvalue weighted by atomic mass is 10.2. The molecule has 0 aromatic carbocycles. The number of hydrogen-bond donors (Lipinski definition) is 2. The first kappa shape index (κ1) is 15.2. The zero-order valence-corrected chi connectivity index (χ0v) is 11.4. The van der Waals surface area contributed by atoms with Crippen molar-refractivity contribution in [3.8, 4) is 0 Å². The smallest absolute Gasteiger partial charge is 0.261 e. The Bertz CT molecular complexity index is 619. The number of hydrogen-bond acceptors (Lipinski definition) is 5. The van der Waals surface area contributed by atoms with Crippen LogP contribution in [0.15, 0.2) is 28.3 Å². The van der Waals surface area contributed by atoms with E-state index in [0.717, 1.165) is 0 Å². The van der Waals surface area contributed by atoms with Crippen LogP contribution in [-0.4, -0.2) is 35.5 Å². The van der Waals surface area contributed by atoms with Gasteiger partial charge in [-0.1, -0.05) is 12.1 Å². The van der Waals surface area contributed by atoms with Crippen molar-refractivity contribution in [2.75, 3.05) is 11.5 Å². The molecule has 0 unspecified atom stereocenters. The summed E-state index contributed by atoms with van der Waals surface area (Å²) in [7, 11) is -3.04. The van der Waals surface area contributed by atoms with E-state index < -0.39 is 15.4 Å². The topological polar surface area (TPSA) is 115 Å². The molecule has 1 aromatic heterocycles. The van der Waals surface area contributed by atoms with Gasteiger partial charge in [-0.3, -0.25) is 4.79 Å². The average molecular weight is 287 g/mol. The van der Waals surface area contributed by atoms with Crippen molar-refractivity contribution >= 4 is 15.7 Å². The minimum atomic E-state index is -3.04. The lowest BCUT2D eigenvalue weighted by Crippen LogP contribution is -2.30. The Labute approximate surface area is 111 Å². The first-order valence-electron chi connectivity index (χ1n) is 5.79. The normalized spacial score (nSPS) is 12.6. The molecule has 1 aromatic rings. The minimum absolute atomic E-state index is 0.0315. The highest BCUT2D eigenvalue weighted by molar-refractivity contribution is 7.91. The molecule has 7 nitrogen and oxygen atoms in total. The number of rotatable bonds is 6. The maximum atomic E-state index is 11.9. The third kappa shape index (κ3) is 4.09. The highest BCUT2D eigenvalue weighted by atomic mass is 32.2. The first-order valence-corrected chi connectivity index (χ1v) is 7.61. The van der Waals surface area contributed by atoms with Crippen LogP contribution < -0.4 is 11.3 Å². The standard InChI is InChI=1S/C11H17N3O4S/c1-2-19(17,18)8-4-7-14-6-3-5-9(11(14)15)10(12)13-16/h3,5-6,16H,2,4,7-8H2,1H3,(H2,12,13). The van der Waals surface area contributed by atoms with Crippen molar-refractivity contribution in [3.05, 3.63) is 34.2 Å². The third-order valence-electron chi connectivity index (χ3n) is 2.70. The fraction of sp³-hybridized carbons (Fsp3) is 0.455. The molecule has 0 aliphatic heterocycles. The van der Waals surface area contributed by atoms with E-state index in [2.05, 4.69) is 5.16 Å². The molecule has 106 valence electrons.